The molecule has 1 aromatic carbocycles. The standard InChI is InChI=1S/C15H21FN2O2/c1-9-3-2-4-10(6-5-9)18-12-8-7-11(16)14(17)13(12)15(19)20/h7-10,18H,2-6,17H2,1H3,(H,19,20). The SMILES string of the molecule is CC1CCCC(Nc2ccc(F)c(N)c2C(=O)O)CC1. The van der Waals surface area contributed by atoms with Gasteiger partial charge in [-0.2, -0.15) is 0 Å². The van der Waals surface area contributed by atoms with E-state index >= 15 is 0 Å². The summed E-state index contributed by atoms with van der Waals surface area (Å²) in [5.74, 6) is -1.19. The predicted octanol–water partition coefficient (Wildman–Crippen LogP) is 3.49. The highest BCUT2D eigenvalue weighted by Gasteiger charge is 2.21. The molecule has 0 radical (unpaired) electrons. The average molecular weight is 280 g/mol. The van der Waals surface area contributed by atoms with E-state index in [2.05, 4.69) is 12.2 Å². The lowest BCUT2D eigenvalue weighted by Gasteiger charge is -2.20. The monoisotopic (exact) mass is 280 g/mol. The Kier molecular flexibility index (Phi) is 4.47. The number of nitrogens with two attached hydrogens (primary N) is 1. The minimum Gasteiger partial charge on any atom is -0.478 e. The van der Waals surface area contributed by atoms with Gasteiger partial charge in [-0.3, -0.25) is 0 Å². The zero-order valence-corrected chi connectivity index (χ0v) is 11.7. The number of nitrogen functional groups attached to an aromatic ring is 1. The summed E-state index contributed by atoms with van der Waals surface area (Å²) in [4.78, 5) is 11.3. The summed E-state index contributed by atoms with van der Waals surface area (Å²) in [5, 5.41) is 12.4. The van der Waals surface area contributed by atoms with Gasteiger partial charge in [0.05, 0.1) is 11.4 Å². The molecule has 2 unspecified atom stereocenters. The summed E-state index contributed by atoms with van der Waals surface area (Å²) < 4.78 is 13.4. The smallest absolute Gasteiger partial charge is 0.340 e. The molecule has 1 fully saturated rings. The lowest BCUT2D eigenvalue weighted by Crippen LogP contribution is -2.21. The van der Waals surface area contributed by atoms with Gasteiger partial charge in [0.2, 0.25) is 0 Å². The molecule has 0 amide bonds. The normalized spacial score (nSPS) is 23.1. The van der Waals surface area contributed by atoms with Crippen LogP contribution in [0.25, 0.3) is 0 Å². The summed E-state index contributed by atoms with van der Waals surface area (Å²) in [6.45, 7) is 2.24. The first-order valence-electron chi connectivity index (χ1n) is 7.07. The molecule has 0 bridgehead atoms. The van der Waals surface area contributed by atoms with Gasteiger partial charge in [-0.25, -0.2) is 9.18 Å². The maximum atomic E-state index is 13.4. The van der Waals surface area contributed by atoms with Crippen LogP contribution in [0.5, 0.6) is 0 Å². The number of carboxylic acids is 1. The van der Waals surface area contributed by atoms with Crippen LogP contribution in [0.4, 0.5) is 15.8 Å². The van der Waals surface area contributed by atoms with Gasteiger partial charge in [0, 0.05) is 6.04 Å². The summed E-state index contributed by atoms with van der Waals surface area (Å²) in [6, 6.07) is 2.90. The van der Waals surface area contributed by atoms with E-state index in [4.69, 9.17) is 5.73 Å². The third-order valence-corrected chi connectivity index (χ3v) is 4.02. The van der Waals surface area contributed by atoms with E-state index in [9.17, 15) is 14.3 Å². The molecule has 0 aliphatic heterocycles. The third kappa shape index (κ3) is 3.21. The highest BCUT2D eigenvalue weighted by Crippen LogP contribution is 2.29. The second-order valence-corrected chi connectivity index (χ2v) is 5.64. The van der Waals surface area contributed by atoms with E-state index in [1.807, 2.05) is 0 Å². The number of carboxylic acid groups (broad SMARTS) is 1. The average Bonchev–Trinajstić information content (AvgIpc) is 2.59. The van der Waals surface area contributed by atoms with Crippen molar-refractivity contribution in [3.8, 4) is 0 Å². The largest absolute Gasteiger partial charge is 0.478 e. The quantitative estimate of drug-likeness (QED) is 0.585. The van der Waals surface area contributed by atoms with Crippen molar-refractivity contribution in [3.05, 3.63) is 23.5 Å². The fraction of sp³-hybridized carbons (Fsp3) is 0.533. The van der Waals surface area contributed by atoms with E-state index in [1.54, 1.807) is 0 Å². The zero-order valence-electron chi connectivity index (χ0n) is 11.7. The molecule has 1 aliphatic rings. The highest BCUT2D eigenvalue weighted by atomic mass is 19.1. The number of halogens is 1. The van der Waals surface area contributed by atoms with Crippen LogP contribution < -0.4 is 11.1 Å². The van der Waals surface area contributed by atoms with Crippen molar-refractivity contribution in [2.24, 2.45) is 5.92 Å². The highest BCUT2D eigenvalue weighted by molar-refractivity contribution is 6.00. The molecular weight excluding hydrogens is 259 g/mol. The van der Waals surface area contributed by atoms with Crippen LogP contribution in [0.3, 0.4) is 0 Å². The molecule has 1 aromatic rings. The number of rotatable bonds is 3. The van der Waals surface area contributed by atoms with Crippen LogP contribution in [-0.2, 0) is 0 Å². The van der Waals surface area contributed by atoms with Crippen LogP contribution in [0.15, 0.2) is 12.1 Å². The molecule has 1 aliphatic carbocycles. The van der Waals surface area contributed by atoms with Crippen molar-refractivity contribution in [2.75, 3.05) is 11.1 Å². The summed E-state index contributed by atoms with van der Waals surface area (Å²) in [5.41, 5.74) is 5.49. The molecule has 110 valence electrons. The first kappa shape index (κ1) is 14.6. The molecule has 0 aromatic heterocycles. The van der Waals surface area contributed by atoms with Gasteiger partial charge in [-0.15, -0.1) is 0 Å². The number of aromatic carboxylic acids is 1. The van der Waals surface area contributed by atoms with E-state index in [1.165, 1.54) is 18.6 Å². The van der Waals surface area contributed by atoms with E-state index < -0.39 is 11.8 Å². The van der Waals surface area contributed by atoms with Gasteiger partial charge in [0.25, 0.3) is 0 Å². The fourth-order valence-corrected chi connectivity index (χ4v) is 2.80. The maximum Gasteiger partial charge on any atom is 0.340 e. The minimum absolute atomic E-state index is 0.165. The summed E-state index contributed by atoms with van der Waals surface area (Å²) in [6.07, 6.45) is 5.45. The van der Waals surface area contributed by atoms with E-state index in [0.717, 1.165) is 25.7 Å². The second-order valence-electron chi connectivity index (χ2n) is 5.64. The van der Waals surface area contributed by atoms with Gasteiger partial charge in [-0.1, -0.05) is 19.8 Å². The molecule has 0 saturated heterocycles. The number of hydrogen-bond acceptors (Lipinski definition) is 3. The third-order valence-electron chi connectivity index (χ3n) is 4.02. The number of benzene rings is 1. The van der Waals surface area contributed by atoms with Gasteiger partial charge >= 0.3 is 5.97 Å². The molecule has 4 nitrogen and oxygen atoms in total. The number of hydrogen-bond donors (Lipinski definition) is 3. The number of carbonyl (C=O) groups is 1. The number of anilines is 2. The van der Waals surface area contributed by atoms with Crippen molar-refractivity contribution in [1.82, 2.24) is 0 Å². The topological polar surface area (TPSA) is 75.3 Å². The molecule has 0 heterocycles. The zero-order chi connectivity index (χ0) is 14.7. The van der Waals surface area contributed by atoms with E-state index in [-0.39, 0.29) is 17.3 Å². The lowest BCUT2D eigenvalue weighted by atomic mass is 10.0. The Morgan fingerprint density at radius 1 is 1.35 bits per heavy atom. The van der Waals surface area contributed by atoms with Crippen LogP contribution in [0.2, 0.25) is 0 Å². The molecule has 2 rings (SSSR count). The Labute approximate surface area is 118 Å². The van der Waals surface area contributed by atoms with Crippen molar-refractivity contribution >= 4 is 17.3 Å². The van der Waals surface area contributed by atoms with Gasteiger partial charge < -0.3 is 16.2 Å². The van der Waals surface area contributed by atoms with Gasteiger partial charge in [0.15, 0.2) is 0 Å². The van der Waals surface area contributed by atoms with Crippen LogP contribution in [0, 0.1) is 11.7 Å². The Morgan fingerprint density at radius 2 is 2.10 bits per heavy atom. The molecule has 5 heteroatoms. The maximum absolute atomic E-state index is 13.4. The summed E-state index contributed by atoms with van der Waals surface area (Å²) in [7, 11) is 0. The van der Waals surface area contributed by atoms with Crippen molar-refractivity contribution in [3.63, 3.8) is 0 Å². The summed E-state index contributed by atoms with van der Waals surface area (Å²) >= 11 is 0. The molecular formula is C15H21FN2O2. The van der Waals surface area contributed by atoms with Crippen LogP contribution in [-0.4, -0.2) is 17.1 Å². The van der Waals surface area contributed by atoms with E-state index in [0.29, 0.717) is 11.6 Å². The van der Waals surface area contributed by atoms with Crippen molar-refractivity contribution < 1.29 is 14.3 Å². The molecule has 20 heavy (non-hydrogen) atoms. The van der Waals surface area contributed by atoms with Crippen LogP contribution >= 0.6 is 0 Å². The van der Waals surface area contributed by atoms with Gasteiger partial charge in [0.1, 0.15) is 11.4 Å². The second kappa shape index (κ2) is 6.11. The molecule has 4 N–H and O–H groups in total. The fourth-order valence-electron chi connectivity index (χ4n) is 2.80. The Bertz CT molecular complexity index is 505. The van der Waals surface area contributed by atoms with Gasteiger partial charge in [-0.05, 0) is 37.3 Å². The van der Waals surface area contributed by atoms with Crippen molar-refractivity contribution in [2.45, 2.75) is 45.1 Å². The minimum atomic E-state index is -1.20. The molecule has 1 saturated carbocycles. The number of nitrogens with one attached hydrogen (secondary N) is 1. The van der Waals surface area contributed by atoms with Crippen LogP contribution in [0.1, 0.15) is 49.4 Å². The predicted molar refractivity (Wildman–Crippen MR) is 77.4 cm³/mol. The lowest BCUT2D eigenvalue weighted by molar-refractivity contribution is 0.0698. The van der Waals surface area contributed by atoms with Crippen molar-refractivity contribution in [1.29, 1.82) is 0 Å². The molecule has 0 spiro atoms. The Morgan fingerprint density at radius 3 is 2.80 bits per heavy atom. The molecule has 2 atom stereocenters. The Balaban J connectivity index is 2.20. The Hall–Kier alpha value is -1.78. The first-order chi connectivity index (χ1) is 9.49. The first-order valence-corrected chi connectivity index (χ1v) is 7.07.